The molecule has 134 valence electrons. The Kier molecular flexibility index (Phi) is 4.85. The van der Waals surface area contributed by atoms with Gasteiger partial charge in [-0.05, 0) is 37.3 Å². The quantitative estimate of drug-likeness (QED) is 0.730. The summed E-state index contributed by atoms with van der Waals surface area (Å²) >= 11 is 1.25. The molecule has 3 aromatic rings. The monoisotopic (exact) mass is 380 g/mol. The zero-order valence-corrected chi connectivity index (χ0v) is 14.1. The number of amides is 1. The first-order valence-corrected chi connectivity index (χ1v) is 8.05. The van der Waals surface area contributed by atoms with Gasteiger partial charge in [-0.2, -0.15) is 13.2 Å². The maximum atomic E-state index is 12.5. The van der Waals surface area contributed by atoms with Gasteiger partial charge in [-0.3, -0.25) is 10.1 Å². The van der Waals surface area contributed by atoms with Crippen LogP contribution >= 0.6 is 11.3 Å². The van der Waals surface area contributed by atoms with Gasteiger partial charge < -0.3 is 4.74 Å². The molecule has 1 N–H and O–H groups in total. The van der Waals surface area contributed by atoms with Gasteiger partial charge in [0, 0.05) is 17.8 Å². The summed E-state index contributed by atoms with van der Waals surface area (Å²) in [6.45, 7) is 1.77. The summed E-state index contributed by atoms with van der Waals surface area (Å²) in [4.78, 5) is 15.7. The lowest BCUT2D eigenvalue weighted by molar-refractivity contribution is -0.137. The Morgan fingerprint density at radius 2 is 1.85 bits per heavy atom. The van der Waals surface area contributed by atoms with Crippen molar-refractivity contribution >= 4 is 22.4 Å². The molecular weight excluding hydrogens is 369 g/mol. The summed E-state index contributed by atoms with van der Waals surface area (Å²) in [5.74, 6) is -0.0135. The molecule has 0 saturated carbocycles. The van der Waals surface area contributed by atoms with E-state index in [4.69, 9.17) is 4.74 Å². The summed E-state index contributed by atoms with van der Waals surface area (Å²) in [6, 6.07) is 8.07. The Morgan fingerprint density at radius 3 is 2.38 bits per heavy atom. The van der Waals surface area contributed by atoms with E-state index in [0.29, 0.717) is 22.6 Å². The van der Waals surface area contributed by atoms with Crippen LogP contribution in [0.2, 0.25) is 0 Å². The molecule has 0 aliphatic rings. The standard InChI is InChI=1S/C16H11F3N4O2S/c1-9-22-23-15(26-9)21-14(24)10-2-5-12(6-3-10)25-13-7-4-11(8-20-13)16(17,18)19/h2-8H,1H3,(H,21,23,24). The second kappa shape index (κ2) is 7.08. The molecule has 0 fully saturated rings. The highest BCUT2D eigenvalue weighted by molar-refractivity contribution is 7.15. The van der Waals surface area contributed by atoms with Crippen LogP contribution in [0.1, 0.15) is 20.9 Å². The molecule has 0 aliphatic heterocycles. The molecule has 1 aromatic carbocycles. The van der Waals surface area contributed by atoms with Gasteiger partial charge in [0.1, 0.15) is 10.8 Å². The maximum absolute atomic E-state index is 12.5. The van der Waals surface area contributed by atoms with E-state index in [2.05, 4.69) is 20.5 Å². The normalized spacial score (nSPS) is 11.2. The molecule has 10 heteroatoms. The summed E-state index contributed by atoms with van der Waals surface area (Å²) in [5.41, 5.74) is -0.491. The molecule has 0 radical (unpaired) electrons. The van der Waals surface area contributed by atoms with Gasteiger partial charge in [-0.25, -0.2) is 4.98 Å². The van der Waals surface area contributed by atoms with Gasteiger partial charge in [0.05, 0.1) is 5.56 Å². The number of nitrogens with zero attached hydrogens (tertiary/aromatic N) is 3. The van der Waals surface area contributed by atoms with Crippen LogP contribution in [-0.4, -0.2) is 21.1 Å². The highest BCUT2D eigenvalue weighted by Crippen LogP contribution is 2.30. The average molecular weight is 380 g/mol. The number of nitrogens with one attached hydrogen (secondary N) is 1. The van der Waals surface area contributed by atoms with Crippen molar-refractivity contribution in [3.8, 4) is 11.6 Å². The number of ether oxygens (including phenoxy) is 1. The minimum absolute atomic E-state index is 0.0135. The highest BCUT2D eigenvalue weighted by atomic mass is 32.1. The molecule has 0 aliphatic carbocycles. The highest BCUT2D eigenvalue weighted by Gasteiger charge is 2.30. The fraction of sp³-hybridized carbons (Fsp3) is 0.125. The van der Waals surface area contributed by atoms with Crippen molar-refractivity contribution in [2.75, 3.05) is 5.32 Å². The van der Waals surface area contributed by atoms with E-state index in [-0.39, 0.29) is 11.8 Å². The summed E-state index contributed by atoms with van der Waals surface area (Å²) in [5, 5.41) is 11.3. The third kappa shape index (κ3) is 4.33. The summed E-state index contributed by atoms with van der Waals surface area (Å²) in [7, 11) is 0. The Hall–Kier alpha value is -3.01. The van der Waals surface area contributed by atoms with Gasteiger partial charge in [0.25, 0.3) is 5.91 Å². The van der Waals surface area contributed by atoms with Crippen molar-refractivity contribution in [1.82, 2.24) is 15.2 Å². The fourth-order valence-electron chi connectivity index (χ4n) is 1.92. The van der Waals surface area contributed by atoms with Gasteiger partial charge in [0.2, 0.25) is 11.0 Å². The maximum Gasteiger partial charge on any atom is 0.417 e. The molecule has 2 heterocycles. The van der Waals surface area contributed by atoms with Crippen LogP contribution in [0.25, 0.3) is 0 Å². The molecule has 0 atom stereocenters. The molecule has 26 heavy (non-hydrogen) atoms. The van der Waals surface area contributed by atoms with Crippen molar-refractivity contribution in [3.05, 3.63) is 58.7 Å². The number of carbonyl (C=O) groups is 1. The Morgan fingerprint density at radius 1 is 1.12 bits per heavy atom. The van der Waals surface area contributed by atoms with Gasteiger partial charge >= 0.3 is 6.18 Å². The lowest BCUT2D eigenvalue weighted by atomic mass is 10.2. The second-order valence-corrected chi connectivity index (χ2v) is 6.27. The minimum Gasteiger partial charge on any atom is -0.439 e. The molecule has 2 aromatic heterocycles. The molecular formula is C16H11F3N4O2S. The first-order valence-electron chi connectivity index (χ1n) is 7.24. The van der Waals surface area contributed by atoms with Crippen molar-refractivity contribution in [3.63, 3.8) is 0 Å². The number of hydrogen-bond donors (Lipinski definition) is 1. The van der Waals surface area contributed by atoms with Gasteiger partial charge in [-0.15, -0.1) is 10.2 Å². The van der Waals surface area contributed by atoms with Crippen LogP contribution in [0.3, 0.4) is 0 Å². The van der Waals surface area contributed by atoms with Crippen molar-refractivity contribution < 1.29 is 22.7 Å². The number of pyridine rings is 1. The van der Waals surface area contributed by atoms with Crippen molar-refractivity contribution in [1.29, 1.82) is 0 Å². The third-order valence-corrected chi connectivity index (χ3v) is 3.90. The third-order valence-electron chi connectivity index (χ3n) is 3.15. The Bertz CT molecular complexity index is 908. The van der Waals surface area contributed by atoms with Crippen LogP contribution in [0.4, 0.5) is 18.3 Å². The number of halogens is 3. The predicted molar refractivity (Wildman–Crippen MR) is 88.4 cm³/mol. The van der Waals surface area contributed by atoms with Crippen LogP contribution < -0.4 is 10.1 Å². The Balaban J connectivity index is 1.65. The number of alkyl halides is 3. The minimum atomic E-state index is -4.45. The lowest BCUT2D eigenvalue weighted by Crippen LogP contribution is -2.11. The largest absolute Gasteiger partial charge is 0.439 e. The number of aromatic nitrogens is 3. The first kappa shape index (κ1) is 17.8. The summed E-state index contributed by atoms with van der Waals surface area (Å²) in [6.07, 6.45) is -3.76. The van der Waals surface area contributed by atoms with E-state index >= 15 is 0 Å². The summed E-state index contributed by atoms with van der Waals surface area (Å²) < 4.78 is 42.9. The van der Waals surface area contributed by atoms with E-state index in [1.165, 1.54) is 35.6 Å². The lowest BCUT2D eigenvalue weighted by Gasteiger charge is -2.08. The van der Waals surface area contributed by atoms with E-state index in [1.54, 1.807) is 6.92 Å². The number of anilines is 1. The number of hydrogen-bond acceptors (Lipinski definition) is 6. The van der Waals surface area contributed by atoms with Crippen LogP contribution in [0.15, 0.2) is 42.6 Å². The Labute approximate surface area is 149 Å². The van der Waals surface area contributed by atoms with Crippen LogP contribution in [0, 0.1) is 6.92 Å². The van der Waals surface area contributed by atoms with E-state index in [1.807, 2.05) is 0 Å². The topological polar surface area (TPSA) is 77.0 Å². The van der Waals surface area contributed by atoms with Crippen molar-refractivity contribution in [2.24, 2.45) is 0 Å². The molecule has 0 saturated heterocycles. The van der Waals surface area contributed by atoms with Crippen LogP contribution in [-0.2, 0) is 6.18 Å². The van der Waals surface area contributed by atoms with E-state index < -0.39 is 11.7 Å². The molecule has 0 spiro atoms. The predicted octanol–water partition coefficient (Wildman–Crippen LogP) is 4.30. The smallest absolute Gasteiger partial charge is 0.417 e. The SMILES string of the molecule is Cc1nnc(NC(=O)c2ccc(Oc3ccc(C(F)(F)F)cn3)cc2)s1. The fourth-order valence-corrected chi connectivity index (χ4v) is 2.51. The molecule has 6 nitrogen and oxygen atoms in total. The average Bonchev–Trinajstić information content (AvgIpc) is 3.00. The van der Waals surface area contributed by atoms with Crippen molar-refractivity contribution in [2.45, 2.75) is 13.1 Å². The van der Waals surface area contributed by atoms with E-state index in [0.717, 1.165) is 17.1 Å². The number of rotatable bonds is 4. The van der Waals surface area contributed by atoms with E-state index in [9.17, 15) is 18.0 Å². The zero-order valence-electron chi connectivity index (χ0n) is 13.2. The number of carbonyl (C=O) groups excluding carboxylic acids is 1. The van der Waals surface area contributed by atoms with Gasteiger partial charge in [-0.1, -0.05) is 11.3 Å². The molecule has 0 bridgehead atoms. The first-order chi connectivity index (χ1) is 12.3. The molecule has 0 unspecified atom stereocenters. The number of benzene rings is 1. The van der Waals surface area contributed by atoms with Crippen LogP contribution in [0.5, 0.6) is 11.6 Å². The molecule has 3 rings (SSSR count). The zero-order chi connectivity index (χ0) is 18.7. The van der Waals surface area contributed by atoms with Gasteiger partial charge in [0.15, 0.2) is 0 Å². The number of aryl methyl sites for hydroxylation is 1. The molecule has 1 amide bonds. The second-order valence-electron chi connectivity index (χ2n) is 5.09.